The molecule has 11 aromatic rings. The third-order valence-electron chi connectivity index (χ3n) is 11.2. The summed E-state index contributed by atoms with van der Waals surface area (Å²) in [5, 5.41) is 4.87. The molecule has 0 N–H and O–H groups in total. The first-order valence-electron chi connectivity index (χ1n) is 19.1. The summed E-state index contributed by atoms with van der Waals surface area (Å²) in [7, 11) is 0. The Balaban J connectivity index is 1.08. The van der Waals surface area contributed by atoms with Crippen LogP contribution in [0.4, 0.5) is 0 Å². The van der Waals surface area contributed by atoms with Crippen LogP contribution >= 0.6 is 0 Å². The first kappa shape index (κ1) is 32.0. The summed E-state index contributed by atoms with van der Waals surface area (Å²) in [6, 6.07) is 72.5. The fourth-order valence-corrected chi connectivity index (χ4v) is 8.52. The van der Waals surface area contributed by atoms with E-state index in [1.165, 1.54) is 77.1 Å². The average molecular weight is 714 g/mol. The molecule has 8 aromatic carbocycles. The van der Waals surface area contributed by atoms with Crippen molar-refractivity contribution in [1.29, 1.82) is 0 Å². The Hall–Kier alpha value is -7.49. The predicted molar refractivity (Wildman–Crippen MR) is 235 cm³/mol. The number of aromatic nitrogens is 3. The summed E-state index contributed by atoms with van der Waals surface area (Å²) < 4.78 is 4.78. The van der Waals surface area contributed by atoms with Crippen LogP contribution < -0.4 is 0 Å². The van der Waals surface area contributed by atoms with Gasteiger partial charge in [0, 0.05) is 39.1 Å². The average Bonchev–Trinajstić information content (AvgIpc) is 3.79. The Morgan fingerprint density at radius 2 is 0.768 bits per heavy atom. The molecule has 0 radical (unpaired) electrons. The SMILES string of the molecule is c1ccc(-c2ccc(-n3c4ccc(-c5ccc6c7ccccc7n(-c7cc(-c8ccccc8)cc(-c8ccccc8)c7)c6c5)cc4c4ccncc43)cc2)cc1. The van der Waals surface area contributed by atoms with Gasteiger partial charge >= 0.3 is 0 Å². The summed E-state index contributed by atoms with van der Waals surface area (Å²) in [5.41, 5.74) is 16.4. The van der Waals surface area contributed by atoms with Gasteiger partial charge < -0.3 is 9.13 Å². The van der Waals surface area contributed by atoms with E-state index in [0.29, 0.717) is 0 Å². The van der Waals surface area contributed by atoms with Crippen molar-refractivity contribution in [3.05, 3.63) is 213 Å². The molecule has 0 spiro atoms. The van der Waals surface area contributed by atoms with E-state index in [0.717, 1.165) is 22.4 Å². The third kappa shape index (κ3) is 5.32. The zero-order valence-corrected chi connectivity index (χ0v) is 30.5. The van der Waals surface area contributed by atoms with Crippen LogP contribution in [0.15, 0.2) is 213 Å². The van der Waals surface area contributed by atoms with Gasteiger partial charge in [-0.3, -0.25) is 4.98 Å². The fourth-order valence-electron chi connectivity index (χ4n) is 8.52. The molecule has 0 unspecified atom stereocenters. The minimum absolute atomic E-state index is 1.09. The van der Waals surface area contributed by atoms with Gasteiger partial charge in [0.15, 0.2) is 0 Å². The molecule has 3 aromatic heterocycles. The molecule has 0 aliphatic heterocycles. The molecule has 0 saturated heterocycles. The van der Waals surface area contributed by atoms with E-state index in [4.69, 9.17) is 0 Å². The van der Waals surface area contributed by atoms with Crippen LogP contribution in [0.1, 0.15) is 0 Å². The molecule has 262 valence electrons. The van der Waals surface area contributed by atoms with E-state index >= 15 is 0 Å². The molecule has 0 amide bonds. The maximum atomic E-state index is 4.56. The molecule has 3 heterocycles. The molecule has 0 saturated carbocycles. The van der Waals surface area contributed by atoms with Gasteiger partial charge in [-0.15, -0.1) is 0 Å². The molecule has 0 bridgehead atoms. The molecule has 11 rings (SSSR count). The van der Waals surface area contributed by atoms with Gasteiger partial charge in [-0.2, -0.15) is 0 Å². The number of hydrogen-bond donors (Lipinski definition) is 0. The molecule has 3 heteroatoms. The number of benzene rings is 8. The standard InChI is InChI=1S/C53H35N3/c1-4-12-36(13-5-1)39-20-24-44(25-21-39)55-51-27-23-40(33-49(51)48-28-29-54-35-53(48)55)41-22-26-47-46-18-10-11-19-50(46)56(52(47)34-41)45-31-42(37-14-6-2-7-15-37)30-43(32-45)38-16-8-3-9-17-38/h1-35H. The number of pyridine rings is 1. The Morgan fingerprint density at radius 3 is 1.46 bits per heavy atom. The minimum Gasteiger partial charge on any atom is -0.309 e. The lowest BCUT2D eigenvalue weighted by atomic mass is 9.98. The third-order valence-corrected chi connectivity index (χ3v) is 11.2. The van der Waals surface area contributed by atoms with Crippen molar-refractivity contribution >= 4 is 43.6 Å². The highest BCUT2D eigenvalue weighted by atomic mass is 15.0. The highest BCUT2D eigenvalue weighted by molar-refractivity contribution is 6.12. The topological polar surface area (TPSA) is 22.8 Å². The molecule has 0 atom stereocenters. The summed E-state index contributed by atoms with van der Waals surface area (Å²) in [4.78, 5) is 4.56. The summed E-state index contributed by atoms with van der Waals surface area (Å²) in [5.74, 6) is 0. The van der Waals surface area contributed by atoms with Crippen LogP contribution in [0.3, 0.4) is 0 Å². The Labute approximate surface area is 325 Å². The lowest BCUT2D eigenvalue weighted by Gasteiger charge is -2.14. The van der Waals surface area contributed by atoms with Crippen molar-refractivity contribution in [2.75, 3.05) is 0 Å². The van der Waals surface area contributed by atoms with E-state index in [2.05, 4.69) is 214 Å². The minimum atomic E-state index is 1.09. The van der Waals surface area contributed by atoms with Gasteiger partial charge in [-0.1, -0.05) is 140 Å². The van der Waals surface area contributed by atoms with E-state index in [9.17, 15) is 0 Å². The number of hydrogen-bond acceptors (Lipinski definition) is 1. The van der Waals surface area contributed by atoms with Crippen molar-refractivity contribution in [2.45, 2.75) is 0 Å². The smallest absolute Gasteiger partial charge is 0.0724 e. The van der Waals surface area contributed by atoms with E-state index in [1.807, 2.05) is 12.4 Å². The Morgan fingerprint density at radius 1 is 0.268 bits per heavy atom. The molecule has 0 aliphatic rings. The van der Waals surface area contributed by atoms with Crippen molar-refractivity contribution in [1.82, 2.24) is 14.1 Å². The van der Waals surface area contributed by atoms with Gasteiger partial charge in [0.1, 0.15) is 0 Å². The second-order valence-electron chi connectivity index (χ2n) is 14.5. The highest BCUT2D eigenvalue weighted by Crippen LogP contribution is 2.40. The zero-order chi connectivity index (χ0) is 37.0. The van der Waals surface area contributed by atoms with Crippen LogP contribution in [-0.2, 0) is 0 Å². The van der Waals surface area contributed by atoms with E-state index < -0.39 is 0 Å². The zero-order valence-electron chi connectivity index (χ0n) is 30.5. The maximum absolute atomic E-state index is 4.56. The van der Waals surface area contributed by atoms with Gasteiger partial charge in [0.05, 0.1) is 28.3 Å². The maximum Gasteiger partial charge on any atom is 0.0724 e. The molecular formula is C53H35N3. The first-order valence-corrected chi connectivity index (χ1v) is 19.1. The van der Waals surface area contributed by atoms with Crippen molar-refractivity contribution in [3.8, 4) is 55.9 Å². The molecule has 0 aliphatic carbocycles. The van der Waals surface area contributed by atoms with Crippen LogP contribution in [0.5, 0.6) is 0 Å². The number of rotatable bonds is 6. The molecule has 0 fully saturated rings. The van der Waals surface area contributed by atoms with Crippen molar-refractivity contribution in [3.63, 3.8) is 0 Å². The number of para-hydroxylation sites is 1. The summed E-state index contributed by atoms with van der Waals surface area (Å²) in [6.45, 7) is 0. The van der Waals surface area contributed by atoms with E-state index in [-0.39, 0.29) is 0 Å². The van der Waals surface area contributed by atoms with Crippen LogP contribution in [0.2, 0.25) is 0 Å². The normalized spacial score (nSPS) is 11.6. The molecule has 3 nitrogen and oxygen atoms in total. The summed E-state index contributed by atoms with van der Waals surface area (Å²) >= 11 is 0. The number of nitrogens with zero attached hydrogens (tertiary/aromatic N) is 3. The van der Waals surface area contributed by atoms with Crippen LogP contribution in [0.25, 0.3) is 99.5 Å². The van der Waals surface area contributed by atoms with Crippen molar-refractivity contribution in [2.24, 2.45) is 0 Å². The summed E-state index contributed by atoms with van der Waals surface area (Å²) in [6.07, 6.45) is 3.88. The quantitative estimate of drug-likeness (QED) is 0.168. The van der Waals surface area contributed by atoms with Crippen molar-refractivity contribution < 1.29 is 0 Å². The van der Waals surface area contributed by atoms with E-state index in [1.54, 1.807) is 0 Å². The van der Waals surface area contributed by atoms with Gasteiger partial charge in [-0.25, -0.2) is 0 Å². The lowest BCUT2D eigenvalue weighted by Crippen LogP contribution is -1.96. The second kappa shape index (κ2) is 13.1. The lowest BCUT2D eigenvalue weighted by molar-refractivity contribution is 1.17. The van der Waals surface area contributed by atoms with Crippen LogP contribution in [-0.4, -0.2) is 14.1 Å². The van der Waals surface area contributed by atoms with Gasteiger partial charge in [0.2, 0.25) is 0 Å². The Kier molecular flexibility index (Phi) is 7.49. The predicted octanol–water partition coefficient (Wildman–Crippen LogP) is 13.9. The van der Waals surface area contributed by atoms with Crippen LogP contribution in [0, 0.1) is 0 Å². The second-order valence-corrected chi connectivity index (χ2v) is 14.5. The van der Waals surface area contributed by atoms with Gasteiger partial charge in [-0.05, 0) is 105 Å². The highest BCUT2D eigenvalue weighted by Gasteiger charge is 2.17. The monoisotopic (exact) mass is 713 g/mol. The first-order chi connectivity index (χ1) is 27.8. The Bertz CT molecular complexity index is 3150. The molecule has 56 heavy (non-hydrogen) atoms. The molecular weight excluding hydrogens is 679 g/mol. The number of fused-ring (bicyclic) bond motifs is 6. The largest absolute Gasteiger partial charge is 0.309 e. The fraction of sp³-hybridized carbons (Fsp3) is 0. The van der Waals surface area contributed by atoms with Gasteiger partial charge in [0.25, 0.3) is 0 Å².